The molecule has 2 heterocycles. The number of rotatable bonds is 10. The maximum atomic E-state index is 9.92. The van der Waals surface area contributed by atoms with E-state index in [4.69, 9.17) is 0 Å². The van der Waals surface area contributed by atoms with E-state index >= 15 is 0 Å². The molecule has 1 atom stereocenters. The first-order valence-electron chi connectivity index (χ1n) is 16.0. The fraction of sp³-hybridized carbons (Fsp3) is 0.150. The third-order valence-corrected chi connectivity index (χ3v) is 8.74. The predicted octanol–water partition coefficient (Wildman–Crippen LogP) is 9.70. The molecule has 3 aromatic carbocycles. The van der Waals surface area contributed by atoms with Gasteiger partial charge >= 0.3 is 0 Å². The molecule has 1 aliphatic rings. The first kappa shape index (κ1) is 43.6. The largest absolute Gasteiger partial charge is 0.512 e. The summed E-state index contributed by atoms with van der Waals surface area (Å²) in [5.41, 5.74) is 2.90. The van der Waals surface area contributed by atoms with Crippen molar-refractivity contribution in [1.29, 1.82) is 0 Å². The minimum atomic E-state index is -0.403. The molecular weight excluding hydrogens is 792 g/mol. The van der Waals surface area contributed by atoms with Crippen molar-refractivity contribution in [3.05, 3.63) is 158 Å². The number of allylic oxidation sites excluding steroid dienone is 4. The summed E-state index contributed by atoms with van der Waals surface area (Å²) in [5, 5.41) is 42.5. The first-order chi connectivity index (χ1) is 24.4. The Morgan fingerprint density at radius 2 is 1.17 bits per heavy atom. The second-order valence-electron chi connectivity index (χ2n) is 10.6. The van der Waals surface area contributed by atoms with Crippen LogP contribution in [-0.2, 0) is 40.7 Å². The van der Waals surface area contributed by atoms with Gasteiger partial charge in [0.15, 0.2) is 6.17 Å². The zero-order valence-electron chi connectivity index (χ0n) is 28.3. The summed E-state index contributed by atoms with van der Waals surface area (Å²) in [5.74, 6) is 1.10. The van der Waals surface area contributed by atoms with Crippen molar-refractivity contribution in [2.24, 2.45) is 20.0 Å². The van der Waals surface area contributed by atoms with Crippen LogP contribution < -0.4 is 0 Å². The molecule has 1 unspecified atom stereocenters. The number of benzene rings is 3. The maximum absolute atomic E-state index is 9.92. The Bertz CT molecular complexity index is 1940. The summed E-state index contributed by atoms with van der Waals surface area (Å²) < 4.78 is 0. The van der Waals surface area contributed by atoms with Crippen LogP contribution in [-0.4, -0.2) is 51.8 Å². The Morgan fingerprint density at radius 3 is 1.69 bits per heavy atom. The second-order valence-corrected chi connectivity index (χ2v) is 12.7. The van der Waals surface area contributed by atoms with Crippen LogP contribution in [0.15, 0.2) is 151 Å². The van der Waals surface area contributed by atoms with Gasteiger partial charge in [-0.1, -0.05) is 60.7 Å². The van der Waals surface area contributed by atoms with Crippen LogP contribution in [0.2, 0.25) is 0 Å². The molecule has 5 aromatic rings. The standard InChI is InChI=1S/C19H18N2O2S.C12H11NOS.C9H11NO.2Cu/c22-16-8-3-1-6-14(16)12-20-19(18-10-5-11-24-18)21-13-15-7-2-4-9-17(15)23;14-12-6-2-1-4-10(12)8-13-9-11-5-3-7-15-11;1-2-10-7-8-5-3-4-6-9(8)11;;/h1-3,5-8,10-13,19,22-23H,4,9H2;1-8,14H,9H2;3-7,11H,2H2,1H3;;/b20-12+,21-13+;;;;. The van der Waals surface area contributed by atoms with Crippen molar-refractivity contribution in [3.63, 3.8) is 0 Å². The molecule has 2 radical (unpaired) electrons. The number of thiophene rings is 2. The molecule has 0 spiro atoms. The Hall–Kier alpha value is -4.54. The maximum Gasteiger partial charge on any atom is 0.174 e. The molecule has 2 aromatic heterocycles. The van der Waals surface area contributed by atoms with Crippen LogP contribution in [0.5, 0.6) is 17.2 Å². The van der Waals surface area contributed by atoms with Crippen LogP contribution in [0, 0.1) is 0 Å². The number of aromatic hydroxyl groups is 3. The van der Waals surface area contributed by atoms with Gasteiger partial charge < -0.3 is 20.4 Å². The summed E-state index contributed by atoms with van der Waals surface area (Å²) in [7, 11) is 0. The fourth-order valence-electron chi connectivity index (χ4n) is 4.33. The minimum Gasteiger partial charge on any atom is -0.512 e. The number of hydrogen-bond donors (Lipinski definition) is 4. The molecule has 52 heavy (non-hydrogen) atoms. The summed E-state index contributed by atoms with van der Waals surface area (Å²) in [4.78, 5) is 19.5. The number of aliphatic imine (C=N–C) groups is 4. The van der Waals surface area contributed by atoms with Crippen molar-refractivity contribution in [3.8, 4) is 17.2 Å². The van der Waals surface area contributed by atoms with Gasteiger partial charge in [0, 0.05) is 99.1 Å². The van der Waals surface area contributed by atoms with Gasteiger partial charge in [0.2, 0.25) is 0 Å². The van der Waals surface area contributed by atoms with E-state index in [0.717, 1.165) is 34.5 Å². The van der Waals surface area contributed by atoms with Crippen LogP contribution in [0.4, 0.5) is 0 Å². The van der Waals surface area contributed by atoms with E-state index in [9.17, 15) is 20.4 Å². The predicted molar refractivity (Wildman–Crippen MR) is 209 cm³/mol. The van der Waals surface area contributed by atoms with E-state index in [1.807, 2.05) is 84.4 Å². The van der Waals surface area contributed by atoms with Gasteiger partial charge in [-0.2, -0.15) is 0 Å². The van der Waals surface area contributed by atoms with Gasteiger partial charge in [-0.25, -0.2) is 0 Å². The van der Waals surface area contributed by atoms with E-state index in [-0.39, 0.29) is 51.4 Å². The van der Waals surface area contributed by atoms with Gasteiger partial charge in [0.1, 0.15) is 23.0 Å². The third-order valence-electron chi connectivity index (χ3n) is 6.97. The summed E-state index contributed by atoms with van der Waals surface area (Å²) >= 11 is 3.26. The number of aliphatic hydroxyl groups is 1. The van der Waals surface area contributed by atoms with Crippen molar-refractivity contribution in [2.75, 3.05) is 6.54 Å². The molecule has 4 N–H and O–H groups in total. The Morgan fingerprint density at radius 1 is 0.635 bits per heavy atom. The molecule has 8 nitrogen and oxygen atoms in total. The fourth-order valence-corrected chi connectivity index (χ4v) is 5.68. The van der Waals surface area contributed by atoms with E-state index in [2.05, 4.69) is 20.0 Å². The van der Waals surface area contributed by atoms with Crippen molar-refractivity contribution in [1.82, 2.24) is 0 Å². The Kier molecular flexibility index (Phi) is 20.6. The average Bonchev–Trinajstić information content (AvgIpc) is 3.87. The van der Waals surface area contributed by atoms with Crippen molar-refractivity contribution < 1.29 is 54.6 Å². The molecule has 0 saturated heterocycles. The number of para-hydroxylation sites is 3. The van der Waals surface area contributed by atoms with Gasteiger partial charge in [-0.3, -0.25) is 20.0 Å². The van der Waals surface area contributed by atoms with E-state index in [1.165, 1.54) is 4.88 Å². The number of phenolic OH excluding ortho intramolecular Hbond substituents is 3. The zero-order chi connectivity index (χ0) is 35.4. The Balaban J connectivity index is 0.000000288. The van der Waals surface area contributed by atoms with E-state index in [0.29, 0.717) is 24.3 Å². The van der Waals surface area contributed by atoms with Crippen LogP contribution in [0.1, 0.15) is 52.4 Å². The first-order valence-corrected chi connectivity index (χ1v) is 17.7. The van der Waals surface area contributed by atoms with E-state index in [1.54, 1.807) is 90.0 Å². The second kappa shape index (κ2) is 24.6. The van der Waals surface area contributed by atoms with Crippen LogP contribution in [0.25, 0.3) is 0 Å². The smallest absolute Gasteiger partial charge is 0.174 e. The van der Waals surface area contributed by atoms with Gasteiger partial charge in [0.25, 0.3) is 0 Å². The summed E-state index contributed by atoms with van der Waals surface area (Å²) in [6.45, 7) is 3.37. The molecule has 0 amide bonds. The number of nitrogens with zero attached hydrogens (tertiary/aromatic N) is 4. The molecule has 6 rings (SSSR count). The molecule has 12 heteroatoms. The van der Waals surface area contributed by atoms with Gasteiger partial charge in [-0.05, 0) is 72.6 Å². The average molecular weight is 832 g/mol. The van der Waals surface area contributed by atoms with Crippen LogP contribution in [0.3, 0.4) is 0 Å². The molecule has 0 aliphatic heterocycles. The summed E-state index contributed by atoms with van der Waals surface area (Å²) in [6.07, 6.45) is 11.7. The zero-order valence-corrected chi connectivity index (χ0v) is 31.8. The Labute approximate surface area is 334 Å². The molecule has 0 bridgehead atoms. The SMILES string of the molecule is CCN=Cc1ccccc1O.OC1=C(/C=N/C(/N=C/c2ccccc2O)c2cccs2)C=CCC1.Oc1ccccc1C=NCc1cccs1.[Cu].[Cu]. The molecule has 0 fully saturated rings. The number of phenols is 3. The monoisotopic (exact) mass is 830 g/mol. The van der Waals surface area contributed by atoms with Crippen molar-refractivity contribution in [2.45, 2.75) is 32.5 Å². The van der Waals surface area contributed by atoms with Crippen LogP contribution >= 0.6 is 22.7 Å². The molecule has 278 valence electrons. The van der Waals surface area contributed by atoms with Crippen molar-refractivity contribution >= 4 is 47.5 Å². The minimum absolute atomic E-state index is 0. The van der Waals surface area contributed by atoms with E-state index < -0.39 is 6.17 Å². The molecule has 0 saturated carbocycles. The van der Waals surface area contributed by atoms with Gasteiger partial charge in [0.05, 0.1) is 11.4 Å². The topological polar surface area (TPSA) is 130 Å². The number of hydrogen-bond acceptors (Lipinski definition) is 10. The third kappa shape index (κ3) is 15.0. The molecule has 1 aliphatic carbocycles. The number of aliphatic hydroxyl groups excluding tert-OH is 1. The normalized spacial score (nSPS) is 12.9. The quantitative estimate of drug-likeness (QED) is 0.0825. The molecular formula is C40H40Cu2N4O4S2. The summed E-state index contributed by atoms with van der Waals surface area (Å²) in [6, 6.07) is 29.3. The van der Waals surface area contributed by atoms with Gasteiger partial charge in [-0.15, -0.1) is 22.7 Å².